The molecule has 1 aromatic heterocycles. The molecule has 2 heterocycles. The number of halogens is 1. The Morgan fingerprint density at radius 1 is 1.18 bits per heavy atom. The summed E-state index contributed by atoms with van der Waals surface area (Å²) >= 11 is 6.31. The van der Waals surface area contributed by atoms with Gasteiger partial charge in [0.05, 0.1) is 30.1 Å². The summed E-state index contributed by atoms with van der Waals surface area (Å²) in [5.74, 6) is 0.464. The van der Waals surface area contributed by atoms with Gasteiger partial charge in [0.1, 0.15) is 12.4 Å². The van der Waals surface area contributed by atoms with Crippen molar-refractivity contribution >= 4 is 23.2 Å². The second kappa shape index (κ2) is 10.8. The Kier molecular flexibility index (Phi) is 7.65. The maximum absolute atomic E-state index is 12.5. The van der Waals surface area contributed by atoms with Crippen LogP contribution in [0.3, 0.4) is 0 Å². The number of likely N-dealkylation sites (tertiary alicyclic amines) is 1. The van der Waals surface area contributed by atoms with Crippen LogP contribution < -0.4 is 10.1 Å². The third kappa shape index (κ3) is 5.93. The fourth-order valence-electron chi connectivity index (χ4n) is 4.15. The van der Waals surface area contributed by atoms with Crippen LogP contribution in [0.2, 0.25) is 5.02 Å². The fraction of sp³-hybridized carbons (Fsp3) is 0.360. The minimum absolute atomic E-state index is 0.0250. The zero-order valence-corrected chi connectivity index (χ0v) is 19.7. The standard InChI is InChI=1S/C25H29ClN4O3/c1-29-25(22(26)15-27-29)21-14-19(8-9-23(21)32-2)28-24(31)17-33-20-10-12-30(13-11-20)16-18-6-4-3-5-7-18/h3-9,14-15,20H,10-13,16-17H2,1-2H3,(H,28,31). The summed E-state index contributed by atoms with van der Waals surface area (Å²) in [6, 6.07) is 15.9. The number of carbonyl (C=O) groups excluding carboxylic acids is 1. The predicted octanol–water partition coefficient (Wildman–Crippen LogP) is 4.37. The van der Waals surface area contributed by atoms with E-state index in [-0.39, 0.29) is 18.6 Å². The Morgan fingerprint density at radius 2 is 1.94 bits per heavy atom. The monoisotopic (exact) mass is 468 g/mol. The van der Waals surface area contributed by atoms with Crippen molar-refractivity contribution in [2.45, 2.75) is 25.5 Å². The molecule has 1 fully saturated rings. The Labute approximate surface area is 199 Å². The van der Waals surface area contributed by atoms with E-state index in [1.807, 2.05) is 19.2 Å². The number of piperidine rings is 1. The molecule has 1 aliphatic rings. The van der Waals surface area contributed by atoms with E-state index in [4.69, 9.17) is 21.1 Å². The Hall–Kier alpha value is -2.87. The van der Waals surface area contributed by atoms with Gasteiger partial charge in [0.15, 0.2) is 0 Å². The number of nitrogens with one attached hydrogen (secondary N) is 1. The first kappa shape index (κ1) is 23.3. The zero-order valence-electron chi connectivity index (χ0n) is 19.0. The molecule has 2 aromatic carbocycles. The van der Waals surface area contributed by atoms with E-state index in [9.17, 15) is 4.79 Å². The number of methoxy groups -OCH3 is 1. The second-order valence-electron chi connectivity index (χ2n) is 8.20. The molecule has 8 heteroatoms. The van der Waals surface area contributed by atoms with E-state index in [0.717, 1.165) is 43.7 Å². The fourth-order valence-corrected chi connectivity index (χ4v) is 4.42. The van der Waals surface area contributed by atoms with E-state index in [1.54, 1.807) is 30.1 Å². The van der Waals surface area contributed by atoms with Crippen LogP contribution in [0, 0.1) is 0 Å². The molecule has 1 aliphatic heterocycles. The van der Waals surface area contributed by atoms with Crippen LogP contribution in [0.1, 0.15) is 18.4 Å². The number of amides is 1. The number of hydrogen-bond donors (Lipinski definition) is 1. The number of benzene rings is 2. The zero-order chi connectivity index (χ0) is 23.2. The normalized spacial score (nSPS) is 14.9. The van der Waals surface area contributed by atoms with E-state index in [2.05, 4.69) is 39.6 Å². The molecule has 7 nitrogen and oxygen atoms in total. The maximum Gasteiger partial charge on any atom is 0.250 e. The third-order valence-corrected chi connectivity index (χ3v) is 6.14. The molecule has 1 saturated heterocycles. The summed E-state index contributed by atoms with van der Waals surface area (Å²) in [4.78, 5) is 15.0. The van der Waals surface area contributed by atoms with Crippen LogP contribution in [-0.4, -0.2) is 53.5 Å². The summed E-state index contributed by atoms with van der Waals surface area (Å²) in [5.41, 5.74) is 3.45. The summed E-state index contributed by atoms with van der Waals surface area (Å²) in [7, 11) is 3.41. The number of anilines is 1. The molecule has 0 spiro atoms. The number of hydrogen-bond acceptors (Lipinski definition) is 5. The molecule has 3 aromatic rings. The average molecular weight is 469 g/mol. The summed E-state index contributed by atoms with van der Waals surface area (Å²) in [6.45, 7) is 2.91. The van der Waals surface area contributed by atoms with E-state index in [1.165, 1.54) is 5.56 Å². The van der Waals surface area contributed by atoms with Gasteiger partial charge in [-0.2, -0.15) is 5.10 Å². The molecular formula is C25H29ClN4O3. The lowest BCUT2D eigenvalue weighted by molar-refractivity contribution is -0.123. The molecule has 1 amide bonds. The lowest BCUT2D eigenvalue weighted by atomic mass is 10.1. The quantitative estimate of drug-likeness (QED) is 0.531. The van der Waals surface area contributed by atoms with Crippen LogP contribution in [0.15, 0.2) is 54.7 Å². The van der Waals surface area contributed by atoms with E-state index in [0.29, 0.717) is 16.5 Å². The number of aryl methyl sites for hydroxylation is 1. The molecule has 1 N–H and O–H groups in total. The van der Waals surface area contributed by atoms with Gasteiger partial charge in [-0.25, -0.2) is 0 Å². The molecule has 4 rings (SSSR count). The van der Waals surface area contributed by atoms with E-state index < -0.39 is 0 Å². The molecule has 0 saturated carbocycles. The van der Waals surface area contributed by atoms with Crippen molar-refractivity contribution in [1.29, 1.82) is 0 Å². The highest BCUT2D eigenvalue weighted by atomic mass is 35.5. The van der Waals surface area contributed by atoms with Crippen molar-refractivity contribution in [2.24, 2.45) is 7.05 Å². The van der Waals surface area contributed by atoms with Crippen molar-refractivity contribution in [2.75, 3.05) is 32.1 Å². The summed E-state index contributed by atoms with van der Waals surface area (Å²) < 4.78 is 13.1. The van der Waals surface area contributed by atoms with Gasteiger partial charge in [0.25, 0.3) is 0 Å². The average Bonchev–Trinajstić information content (AvgIpc) is 3.17. The molecule has 0 atom stereocenters. The smallest absolute Gasteiger partial charge is 0.250 e. The lowest BCUT2D eigenvalue weighted by Crippen LogP contribution is -2.37. The van der Waals surface area contributed by atoms with Gasteiger partial charge < -0.3 is 14.8 Å². The number of rotatable bonds is 8. The topological polar surface area (TPSA) is 68.6 Å². The Balaban J connectivity index is 1.29. The molecule has 0 radical (unpaired) electrons. The van der Waals surface area contributed by atoms with Gasteiger partial charge in [-0.05, 0) is 36.6 Å². The predicted molar refractivity (Wildman–Crippen MR) is 130 cm³/mol. The van der Waals surface area contributed by atoms with Crippen molar-refractivity contribution < 1.29 is 14.3 Å². The molecule has 0 bridgehead atoms. The van der Waals surface area contributed by atoms with E-state index >= 15 is 0 Å². The number of nitrogens with zero attached hydrogens (tertiary/aromatic N) is 3. The second-order valence-corrected chi connectivity index (χ2v) is 8.61. The molecule has 0 aliphatic carbocycles. The SMILES string of the molecule is COc1ccc(NC(=O)COC2CCN(Cc3ccccc3)CC2)cc1-c1c(Cl)cnn1C. The minimum Gasteiger partial charge on any atom is -0.496 e. The molecule has 33 heavy (non-hydrogen) atoms. The maximum atomic E-state index is 12.5. The van der Waals surface area contributed by atoms with Gasteiger partial charge in [-0.1, -0.05) is 41.9 Å². The first-order valence-corrected chi connectivity index (χ1v) is 11.4. The first-order chi connectivity index (χ1) is 16.0. The van der Waals surface area contributed by atoms with Gasteiger partial charge in [-0.15, -0.1) is 0 Å². The van der Waals surface area contributed by atoms with Crippen LogP contribution in [0.4, 0.5) is 5.69 Å². The summed E-state index contributed by atoms with van der Waals surface area (Å²) in [6.07, 6.45) is 3.53. The first-order valence-electron chi connectivity index (χ1n) is 11.1. The molecular weight excluding hydrogens is 440 g/mol. The number of carbonyl (C=O) groups is 1. The van der Waals surface area contributed by atoms with Gasteiger partial charge >= 0.3 is 0 Å². The van der Waals surface area contributed by atoms with Gasteiger partial charge in [0.2, 0.25) is 5.91 Å². The minimum atomic E-state index is -0.186. The van der Waals surface area contributed by atoms with Gasteiger partial charge in [0, 0.05) is 37.9 Å². The Morgan fingerprint density at radius 3 is 2.61 bits per heavy atom. The Bertz CT molecular complexity index is 1060. The van der Waals surface area contributed by atoms with Crippen LogP contribution >= 0.6 is 11.6 Å². The van der Waals surface area contributed by atoms with Crippen LogP contribution in [0.5, 0.6) is 5.75 Å². The number of aromatic nitrogens is 2. The molecule has 0 unspecified atom stereocenters. The van der Waals surface area contributed by atoms with Gasteiger partial charge in [-0.3, -0.25) is 14.4 Å². The van der Waals surface area contributed by atoms with Crippen molar-refractivity contribution in [1.82, 2.24) is 14.7 Å². The lowest BCUT2D eigenvalue weighted by Gasteiger charge is -2.31. The van der Waals surface area contributed by atoms with Crippen molar-refractivity contribution in [3.8, 4) is 17.0 Å². The highest BCUT2D eigenvalue weighted by molar-refractivity contribution is 6.33. The number of ether oxygens (including phenoxy) is 2. The molecule has 174 valence electrons. The van der Waals surface area contributed by atoms with Crippen molar-refractivity contribution in [3.05, 3.63) is 65.3 Å². The third-order valence-electron chi connectivity index (χ3n) is 5.87. The van der Waals surface area contributed by atoms with Crippen molar-refractivity contribution in [3.63, 3.8) is 0 Å². The highest BCUT2D eigenvalue weighted by Gasteiger charge is 2.21. The highest BCUT2D eigenvalue weighted by Crippen LogP contribution is 2.36. The largest absolute Gasteiger partial charge is 0.496 e. The van der Waals surface area contributed by atoms with Crippen LogP contribution in [0.25, 0.3) is 11.3 Å². The summed E-state index contributed by atoms with van der Waals surface area (Å²) in [5, 5.41) is 7.61. The van der Waals surface area contributed by atoms with Crippen LogP contribution in [-0.2, 0) is 23.1 Å².